The zero-order chi connectivity index (χ0) is 23.4. The predicted octanol–water partition coefficient (Wildman–Crippen LogP) is 3.31. The van der Waals surface area contributed by atoms with Crippen LogP contribution in [-0.2, 0) is 27.2 Å². The van der Waals surface area contributed by atoms with E-state index in [1.54, 1.807) is 4.90 Å². The van der Waals surface area contributed by atoms with Crippen LogP contribution in [0.1, 0.15) is 48.7 Å². The van der Waals surface area contributed by atoms with Crippen LogP contribution in [0.4, 0.5) is 0 Å². The highest BCUT2D eigenvalue weighted by Gasteiger charge is 2.47. The van der Waals surface area contributed by atoms with Crippen LogP contribution in [0.15, 0.2) is 48.5 Å². The maximum atomic E-state index is 12.5. The molecule has 0 unspecified atom stereocenters. The Balaban J connectivity index is 1.17. The molecule has 0 radical (unpaired) electrons. The number of amides is 2. The lowest BCUT2D eigenvalue weighted by Gasteiger charge is -2.23. The number of rotatable bonds is 8. The van der Waals surface area contributed by atoms with Gasteiger partial charge in [0.15, 0.2) is 5.79 Å². The van der Waals surface area contributed by atoms with Crippen molar-refractivity contribution in [1.29, 1.82) is 0 Å². The molecular weight excluding hydrogens is 420 g/mol. The largest absolute Gasteiger partial charge is 0.493 e. The van der Waals surface area contributed by atoms with E-state index < -0.39 is 5.79 Å². The summed E-state index contributed by atoms with van der Waals surface area (Å²) >= 11 is 0. The molecular formula is C26H32N2O5. The normalized spacial score (nSPS) is 21.0. The standard InChI is InChI=1S/C26H32N2O5/c1-4-18-5-9-20(10-6-18)25(30)27-15-19-7-11-21(12-8-19)31-14-13-24(29)28-16-22-23(17-28)33-26(2,3)32-22/h5-12,22-23H,4,13-17H2,1-3H3,(H,27,30)/t22-,23-/m1/s1. The van der Waals surface area contributed by atoms with Crippen LogP contribution in [0.2, 0.25) is 0 Å². The fourth-order valence-electron chi connectivity index (χ4n) is 4.22. The third-order valence-electron chi connectivity index (χ3n) is 6.02. The first kappa shape index (κ1) is 23.3. The van der Waals surface area contributed by atoms with Gasteiger partial charge in [0.1, 0.15) is 18.0 Å². The third kappa shape index (κ3) is 5.92. The summed E-state index contributed by atoms with van der Waals surface area (Å²) in [5.74, 6) is 0.0744. The minimum atomic E-state index is -0.567. The number of likely N-dealkylation sites (tertiary alicyclic amines) is 1. The molecule has 176 valence electrons. The lowest BCUT2D eigenvalue weighted by molar-refractivity contribution is -0.160. The Morgan fingerprint density at radius 2 is 1.61 bits per heavy atom. The average Bonchev–Trinajstić information content (AvgIpc) is 3.32. The van der Waals surface area contributed by atoms with Gasteiger partial charge in [0, 0.05) is 25.2 Å². The van der Waals surface area contributed by atoms with Crippen LogP contribution in [0.3, 0.4) is 0 Å². The number of carbonyl (C=O) groups excluding carboxylic acids is 2. The number of nitrogens with one attached hydrogen (secondary N) is 1. The zero-order valence-electron chi connectivity index (χ0n) is 19.5. The van der Waals surface area contributed by atoms with Crippen molar-refractivity contribution >= 4 is 11.8 Å². The van der Waals surface area contributed by atoms with Crippen molar-refractivity contribution < 1.29 is 23.8 Å². The monoisotopic (exact) mass is 452 g/mol. The van der Waals surface area contributed by atoms with Gasteiger partial charge >= 0.3 is 0 Å². The average molecular weight is 453 g/mol. The van der Waals surface area contributed by atoms with Gasteiger partial charge in [0.2, 0.25) is 5.91 Å². The zero-order valence-corrected chi connectivity index (χ0v) is 19.5. The van der Waals surface area contributed by atoms with E-state index in [2.05, 4.69) is 12.2 Å². The van der Waals surface area contributed by atoms with Gasteiger partial charge in [-0.2, -0.15) is 0 Å². The van der Waals surface area contributed by atoms with Gasteiger partial charge in [0.25, 0.3) is 5.91 Å². The fraction of sp³-hybridized carbons (Fsp3) is 0.462. The molecule has 2 fully saturated rings. The molecule has 2 aliphatic rings. The summed E-state index contributed by atoms with van der Waals surface area (Å²) in [6.45, 7) is 7.76. The third-order valence-corrected chi connectivity index (χ3v) is 6.02. The molecule has 0 spiro atoms. The minimum absolute atomic E-state index is 0.0423. The molecule has 2 aliphatic heterocycles. The maximum absolute atomic E-state index is 12.5. The first-order valence-electron chi connectivity index (χ1n) is 11.6. The van der Waals surface area contributed by atoms with Gasteiger partial charge in [-0.3, -0.25) is 9.59 Å². The molecule has 33 heavy (non-hydrogen) atoms. The summed E-state index contributed by atoms with van der Waals surface area (Å²) in [7, 11) is 0. The lowest BCUT2D eigenvalue weighted by atomic mass is 10.1. The Kier molecular flexibility index (Phi) is 7.00. The highest BCUT2D eigenvalue weighted by molar-refractivity contribution is 5.94. The number of aryl methyl sites for hydroxylation is 1. The van der Waals surface area contributed by atoms with Crippen LogP contribution in [0.25, 0.3) is 0 Å². The van der Waals surface area contributed by atoms with E-state index in [1.165, 1.54) is 5.56 Å². The van der Waals surface area contributed by atoms with E-state index in [1.807, 2.05) is 62.4 Å². The number of ether oxygens (including phenoxy) is 3. The lowest BCUT2D eigenvalue weighted by Crippen LogP contribution is -2.34. The van der Waals surface area contributed by atoms with Gasteiger partial charge in [-0.1, -0.05) is 31.2 Å². The minimum Gasteiger partial charge on any atom is -0.493 e. The van der Waals surface area contributed by atoms with Crippen LogP contribution < -0.4 is 10.1 Å². The summed E-state index contributed by atoms with van der Waals surface area (Å²) in [6.07, 6.45) is 1.16. The molecule has 7 nitrogen and oxygen atoms in total. The smallest absolute Gasteiger partial charge is 0.251 e. The van der Waals surface area contributed by atoms with Gasteiger partial charge in [-0.05, 0) is 55.7 Å². The molecule has 1 N–H and O–H groups in total. The van der Waals surface area contributed by atoms with Crippen LogP contribution in [0, 0.1) is 0 Å². The Hall–Kier alpha value is -2.90. The van der Waals surface area contributed by atoms with Crippen molar-refractivity contribution in [2.24, 2.45) is 0 Å². The van der Waals surface area contributed by atoms with E-state index in [4.69, 9.17) is 14.2 Å². The fourth-order valence-corrected chi connectivity index (χ4v) is 4.22. The molecule has 2 heterocycles. The summed E-state index contributed by atoms with van der Waals surface area (Å²) in [5.41, 5.74) is 2.84. The van der Waals surface area contributed by atoms with Crippen molar-refractivity contribution in [1.82, 2.24) is 10.2 Å². The molecule has 2 atom stereocenters. The predicted molar refractivity (Wildman–Crippen MR) is 124 cm³/mol. The Bertz CT molecular complexity index is 955. The van der Waals surface area contributed by atoms with E-state index in [0.29, 0.717) is 44.0 Å². The first-order valence-corrected chi connectivity index (χ1v) is 11.6. The molecule has 2 aromatic rings. The van der Waals surface area contributed by atoms with E-state index in [-0.39, 0.29) is 24.0 Å². The summed E-state index contributed by atoms with van der Waals surface area (Å²) in [6, 6.07) is 15.2. The van der Waals surface area contributed by atoms with Gasteiger partial charge in [-0.15, -0.1) is 0 Å². The highest BCUT2D eigenvalue weighted by atomic mass is 16.8. The van der Waals surface area contributed by atoms with E-state index >= 15 is 0 Å². The van der Waals surface area contributed by atoms with Crippen molar-refractivity contribution in [2.75, 3.05) is 19.7 Å². The van der Waals surface area contributed by atoms with Crippen molar-refractivity contribution in [2.45, 2.75) is 58.2 Å². The second-order valence-electron chi connectivity index (χ2n) is 8.99. The molecule has 4 rings (SSSR count). The first-order chi connectivity index (χ1) is 15.8. The second kappa shape index (κ2) is 9.93. The second-order valence-corrected chi connectivity index (χ2v) is 8.99. The molecule has 7 heteroatoms. The number of carbonyl (C=O) groups is 2. The quantitative estimate of drug-likeness (QED) is 0.665. The van der Waals surface area contributed by atoms with Crippen molar-refractivity contribution in [3.05, 3.63) is 65.2 Å². The summed E-state index contributed by atoms with van der Waals surface area (Å²) in [5, 5.41) is 2.93. The number of fused-ring (bicyclic) bond motifs is 1. The van der Waals surface area contributed by atoms with Crippen molar-refractivity contribution in [3.8, 4) is 5.75 Å². The highest BCUT2D eigenvalue weighted by Crippen LogP contribution is 2.33. The molecule has 0 aromatic heterocycles. The number of hydrogen-bond acceptors (Lipinski definition) is 5. The van der Waals surface area contributed by atoms with Crippen molar-refractivity contribution in [3.63, 3.8) is 0 Å². The summed E-state index contributed by atoms with van der Waals surface area (Å²) < 4.78 is 17.4. The van der Waals surface area contributed by atoms with Gasteiger partial charge in [-0.25, -0.2) is 0 Å². The van der Waals surface area contributed by atoms with E-state index in [9.17, 15) is 9.59 Å². The molecule has 0 saturated carbocycles. The van der Waals surface area contributed by atoms with Crippen LogP contribution in [0.5, 0.6) is 5.75 Å². The van der Waals surface area contributed by atoms with Crippen LogP contribution in [-0.4, -0.2) is 54.4 Å². The molecule has 2 amide bonds. The Labute approximate surface area is 195 Å². The van der Waals surface area contributed by atoms with Crippen LogP contribution >= 0.6 is 0 Å². The van der Waals surface area contributed by atoms with Gasteiger partial charge in [0.05, 0.1) is 13.0 Å². The Morgan fingerprint density at radius 3 is 2.21 bits per heavy atom. The van der Waals surface area contributed by atoms with E-state index in [0.717, 1.165) is 12.0 Å². The number of hydrogen-bond donors (Lipinski definition) is 1. The molecule has 2 saturated heterocycles. The molecule has 2 aromatic carbocycles. The SMILES string of the molecule is CCc1ccc(C(=O)NCc2ccc(OCCC(=O)N3C[C@H]4OC(C)(C)O[C@@H]4C3)cc2)cc1. The molecule has 0 bridgehead atoms. The number of benzene rings is 2. The van der Waals surface area contributed by atoms with Gasteiger partial charge < -0.3 is 24.4 Å². The number of nitrogens with zero attached hydrogens (tertiary/aromatic N) is 1. The topological polar surface area (TPSA) is 77.1 Å². The summed E-state index contributed by atoms with van der Waals surface area (Å²) in [4.78, 5) is 26.6. The maximum Gasteiger partial charge on any atom is 0.251 e. The molecule has 0 aliphatic carbocycles. The Morgan fingerprint density at radius 1 is 1.00 bits per heavy atom.